The third-order valence-electron chi connectivity index (χ3n) is 3.81. The van der Waals surface area contributed by atoms with Crippen molar-refractivity contribution in [3.05, 3.63) is 29.8 Å². The number of ether oxygens (including phenoxy) is 1. The summed E-state index contributed by atoms with van der Waals surface area (Å²) in [5, 5.41) is 14.8. The summed E-state index contributed by atoms with van der Waals surface area (Å²) in [5.41, 5.74) is 0.546. The van der Waals surface area contributed by atoms with Gasteiger partial charge in [-0.15, -0.1) is 0 Å². The maximum atomic E-state index is 12.2. The Balaban J connectivity index is 2.63. The average Bonchev–Trinajstić information content (AvgIpc) is 2.61. The van der Waals surface area contributed by atoms with E-state index in [4.69, 9.17) is 4.74 Å². The van der Waals surface area contributed by atoms with Crippen LogP contribution in [0.3, 0.4) is 0 Å². The Morgan fingerprint density at radius 2 is 1.85 bits per heavy atom. The van der Waals surface area contributed by atoms with Gasteiger partial charge in [-0.1, -0.05) is 38.3 Å². The van der Waals surface area contributed by atoms with Crippen molar-refractivity contribution in [3.8, 4) is 0 Å². The molecule has 1 atom stereocenters. The fourth-order valence-electron chi connectivity index (χ4n) is 2.44. The lowest BCUT2D eigenvalue weighted by molar-refractivity contribution is -0.141. The van der Waals surface area contributed by atoms with Gasteiger partial charge < -0.3 is 20.5 Å². The van der Waals surface area contributed by atoms with E-state index in [9.17, 15) is 19.5 Å². The van der Waals surface area contributed by atoms with Gasteiger partial charge >= 0.3 is 11.9 Å². The second-order valence-electron chi connectivity index (χ2n) is 5.92. The number of anilines is 1. The summed E-state index contributed by atoms with van der Waals surface area (Å²) < 4.78 is 4.96. The van der Waals surface area contributed by atoms with Crippen molar-refractivity contribution >= 4 is 23.5 Å². The Kier molecular flexibility index (Phi) is 10.0. The summed E-state index contributed by atoms with van der Waals surface area (Å²) in [4.78, 5) is 35.5. The number of carboxylic acid groups (broad SMARTS) is 1. The van der Waals surface area contributed by atoms with Crippen molar-refractivity contribution in [2.24, 2.45) is 0 Å². The second-order valence-corrected chi connectivity index (χ2v) is 5.92. The van der Waals surface area contributed by atoms with Gasteiger partial charge in [0, 0.05) is 0 Å². The fraction of sp³-hybridized carbons (Fsp3) is 0.526. The molecule has 144 valence electrons. The summed E-state index contributed by atoms with van der Waals surface area (Å²) in [5.74, 6) is -2.09. The van der Waals surface area contributed by atoms with Gasteiger partial charge in [0.25, 0.3) is 0 Å². The number of para-hydroxylation sites is 1. The molecule has 7 heteroatoms. The predicted octanol–water partition coefficient (Wildman–Crippen LogP) is 2.82. The van der Waals surface area contributed by atoms with E-state index < -0.39 is 23.9 Å². The molecule has 0 aliphatic heterocycles. The normalized spacial score (nSPS) is 11.6. The number of hydrogen-bond acceptors (Lipinski definition) is 5. The summed E-state index contributed by atoms with van der Waals surface area (Å²) in [6.45, 7) is 4.57. The summed E-state index contributed by atoms with van der Waals surface area (Å²) in [7, 11) is 0. The van der Waals surface area contributed by atoms with Crippen molar-refractivity contribution < 1.29 is 24.2 Å². The lowest BCUT2D eigenvalue weighted by atomic mass is 10.1. The van der Waals surface area contributed by atoms with Gasteiger partial charge in [0.15, 0.2) is 0 Å². The smallest absolute Gasteiger partial charge is 0.340 e. The summed E-state index contributed by atoms with van der Waals surface area (Å²) >= 11 is 0. The van der Waals surface area contributed by atoms with E-state index >= 15 is 0 Å². The zero-order chi connectivity index (χ0) is 19.4. The molecule has 1 amide bonds. The maximum absolute atomic E-state index is 12.2. The van der Waals surface area contributed by atoms with Crippen LogP contribution in [0.1, 0.15) is 56.3 Å². The Bertz CT molecular complexity index is 603. The van der Waals surface area contributed by atoms with E-state index in [2.05, 4.69) is 17.6 Å². The van der Waals surface area contributed by atoms with Gasteiger partial charge in [-0.05, 0) is 32.0 Å². The zero-order valence-electron chi connectivity index (χ0n) is 15.4. The molecule has 0 radical (unpaired) electrons. The standard InChI is InChI=1S/C19H28N2O5/c1-3-5-6-9-12-20-16(18(23)24)13-17(22)21-15-11-8-7-10-14(15)19(25)26-4-2/h7-8,10-11,16,20H,3-6,9,12-13H2,1-2H3,(H,21,22)(H,23,24). The van der Waals surface area contributed by atoms with Gasteiger partial charge in [-0.2, -0.15) is 0 Å². The second kappa shape index (κ2) is 12.0. The van der Waals surface area contributed by atoms with E-state index in [1.165, 1.54) is 0 Å². The molecule has 0 saturated carbocycles. The quantitative estimate of drug-likeness (QED) is 0.389. The number of hydrogen-bond donors (Lipinski definition) is 3. The maximum Gasteiger partial charge on any atom is 0.340 e. The molecule has 0 saturated heterocycles. The van der Waals surface area contributed by atoms with Crippen molar-refractivity contribution in [2.45, 2.75) is 52.0 Å². The van der Waals surface area contributed by atoms with Gasteiger partial charge in [-0.3, -0.25) is 9.59 Å². The lowest BCUT2D eigenvalue weighted by Crippen LogP contribution is -2.40. The highest BCUT2D eigenvalue weighted by Gasteiger charge is 2.21. The van der Waals surface area contributed by atoms with E-state index in [-0.39, 0.29) is 18.6 Å². The lowest BCUT2D eigenvalue weighted by Gasteiger charge is -2.15. The number of benzene rings is 1. The molecule has 26 heavy (non-hydrogen) atoms. The number of aliphatic carboxylic acids is 1. The molecule has 3 N–H and O–H groups in total. The first-order valence-electron chi connectivity index (χ1n) is 9.01. The minimum Gasteiger partial charge on any atom is -0.480 e. The minimum atomic E-state index is -1.07. The Labute approximate surface area is 154 Å². The van der Waals surface area contributed by atoms with Crippen molar-refractivity contribution in [2.75, 3.05) is 18.5 Å². The molecular formula is C19H28N2O5. The number of carbonyl (C=O) groups excluding carboxylic acids is 2. The van der Waals surface area contributed by atoms with Gasteiger partial charge in [0.1, 0.15) is 6.04 Å². The summed E-state index contributed by atoms with van der Waals surface area (Å²) in [6.07, 6.45) is 3.87. The van der Waals surface area contributed by atoms with Crippen molar-refractivity contribution in [1.29, 1.82) is 0 Å². The molecule has 0 bridgehead atoms. The highest BCUT2D eigenvalue weighted by Crippen LogP contribution is 2.16. The molecule has 0 aromatic heterocycles. The van der Waals surface area contributed by atoms with E-state index in [0.717, 1.165) is 25.7 Å². The fourth-order valence-corrected chi connectivity index (χ4v) is 2.44. The number of nitrogens with one attached hydrogen (secondary N) is 2. The molecule has 0 aliphatic carbocycles. The SMILES string of the molecule is CCCCCCNC(CC(=O)Nc1ccccc1C(=O)OCC)C(=O)O. The predicted molar refractivity (Wildman–Crippen MR) is 99.2 cm³/mol. The van der Waals surface area contributed by atoms with Crippen LogP contribution in [0.2, 0.25) is 0 Å². The molecule has 1 aromatic rings. The van der Waals surface area contributed by atoms with Crippen LogP contribution in [-0.4, -0.2) is 42.1 Å². The number of esters is 1. The number of rotatable bonds is 12. The van der Waals surface area contributed by atoms with Crippen molar-refractivity contribution in [3.63, 3.8) is 0 Å². The van der Waals surface area contributed by atoms with Crippen LogP contribution >= 0.6 is 0 Å². The molecule has 7 nitrogen and oxygen atoms in total. The Morgan fingerprint density at radius 3 is 2.50 bits per heavy atom. The Hall–Kier alpha value is -2.41. The third-order valence-corrected chi connectivity index (χ3v) is 3.81. The van der Waals surface area contributed by atoms with Gasteiger partial charge in [0.05, 0.1) is 24.3 Å². The van der Waals surface area contributed by atoms with Crippen LogP contribution in [-0.2, 0) is 14.3 Å². The van der Waals surface area contributed by atoms with E-state index in [1.807, 2.05) is 0 Å². The molecule has 0 fully saturated rings. The van der Waals surface area contributed by atoms with Crippen LogP contribution < -0.4 is 10.6 Å². The number of unbranched alkanes of at least 4 members (excludes halogenated alkanes) is 3. The Morgan fingerprint density at radius 1 is 1.12 bits per heavy atom. The molecular weight excluding hydrogens is 336 g/mol. The molecule has 0 aliphatic rings. The van der Waals surface area contributed by atoms with Crippen LogP contribution in [0.15, 0.2) is 24.3 Å². The monoisotopic (exact) mass is 364 g/mol. The zero-order valence-corrected chi connectivity index (χ0v) is 15.4. The first-order chi connectivity index (χ1) is 12.5. The number of carboxylic acids is 1. The molecule has 0 spiro atoms. The van der Waals surface area contributed by atoms with Gasteiger partial charge in [0.2, 0.25) is 5.91 Å². The first kappa shape index (κ1) is 21.6. The topological polar surface area (TPSA) is 105 Å². The minimum absolute atomic E-state index is 0.222. The van der Waals surface area contributed by atoms with Crippen LogP contribution in [0.4, 0.5) is 5.69 Å². The van der Waals surface area contributed by atoms with Crippen LogP contribution in [0.25, 0.3) is 0 Å². The van der Waals surface area contributed by atoms with Gasteiger partial charge in [-0.25, -0.2) is 4.79 Å². The van der Waals surface area contributed by atoms with Crippen LogP contribution in [0, 0.1) is 0 Å². The molecule has 1 aromatic carbocycles. The van der Waals surface area contributed by atoms with E-state index in [1.54, 1.807) is 31.2 Å². The third kappa shape index (κ3) is 7.65. The largest absolute Gasteiger partial charge is 0.480 e. The molecule has 0 heterocycles. The highest BCUT2D eigenvalue weighted by molar-refractivity contribution is 6.02. The number of amides is 1. The van der Waals surface area contributed by atoms with E-state index in [0.29, 0.717) is 12.2 Å². The molecule has 1 unspecified atom stereocenters. The summed E-state index contributed by atoms with van der Waals surface area (Å²) in [6, 6.07) is 5.51. The average molecular weight is 364 g/mol. The van der Waals surface area contributed by atoms with Crippen molar-refractivity contribution in [1.82, 2.24) is 5.32 Å². The number of carbonyl (C=O) groups is 3. The highest BCUT2D eigenvalue weighted by atomic mass is 16.5. The molecule has 1 rings (SSSR count). The first-order valence-corrected chi connectivity index (χ1v) is 9.01. The van der Waals surface area contributed by atoms with Crippen LogP contribution in [0.5, 0.6) is 0 Å².